The van der Waals surface area contributed by atoms with Gasteiger partial charge in [-0.2, -0.15) is 0 Å². The lowest BCUT2D eigenvalue weighted by Crippen LogP contribution is -2.07. The number of furan rings is 1. The van der Waals surface area contributed by atoms with Crippen molar-refractivity contribution in [1.82, 2.24) is 0 Å². The van der Waals surface area contributed by atoms with E-state index < -0.39 is 9.84 Å². The highest BCUT2D eigenvalue weighted by Gasteiger charge is 2.24. The van der Waals surface area contributed by atoms with Gasteiger partial charge in [0.1, 0.15) is 22.8 Å². The van der Waals surface area contributed by atoms with Gasteiger partial charge in [-0.05, 0) is 12.1 Å². The summed E-state index contributed by atoms with van der Waals surface area (Å²) in [6.45, 7) is 0. The smallest absolute Gasteiger partial charge is 0.197 e. The zero-order valence-electron chi connectivity index (χ0n) is 13.3. The predicted molar refractivity (Wildman–Crippen MR) is 91.2 cm³/mol. The molecule has 0 unspecified atom stereocenters. The van der Waals surface area contributed by atoms with E-state index in [-0.39, 0.29) is 22.9 Å². The average Bonchev–Trinajstić information content (AvgIpc) is 2.89. The number of carbonyl (C=O) groups excluding carboxylic acids is 1. The molecule has 0 saturated heterocycles. The number of hydrogen-bond acceptors (Lipinski definition) is 5. The third kappa shape index (κ3) is 3.19. The van der Waals surface area contributed by atoms with Gasteiger partial charge in [-0.15, -0.1) is 0 Å². The topological polar surface area (TPSA) is 73.6 Å². The van der Waals surface area contributed by atoms with Crippen LogP contribution in [-0.2, 0) is 15.6 Å². The number of ether oxygens (including phenoxy) is 1. The van der Waals surface area contributed by atoms with E-state index in [1.807, 2.05) is 6.07 Å². The standard InChI is InChI=1S/C18H16O5S/c1-22-13-8-9-14-15(10-13)23-16(11-24(2,20)21)17(14)18(19)12-6-4-3-5-7-12/h3-10H,11H2,1-2H3. The van der Waals surface area contributed by atoms with Crippen LogP contribution in [-0.4, -0.2) is 27.6 Å². The van der Waals surface area contributed by atoms with Crippen LogP contribution < -0.4 is 4.74 Å². The molecular weight excluding hydrogens is 328 g/mol. The molecular formula is C18H16O5S. The van der Waals surface area contributed by atoms with Crippen LogP contribution in [0.3, 0.4) is 0 Å². The minimum atomic E-state index is -3.36. The van der Waals surface area contributed by atoms with Gasteiger partial charge in [0.25, 0.3) is 0 Å². The molecule has 24 heavy (non-hydrogen) atoms. The minimum Gasteiger partial charge on any atom is -0.497 e. The van der Waals surface area contributed by atoms with E-state index in [1.54, 1.807) is 42.5 Å². The maximum absolute atomic E-state index is 12.9. The maximum Gasteiger partial charge on any atom is 0.197 e. The molecule has 0 saturated carbocycles. The molecule has 0 atom stereocenters. The Bertz CT molecular complexity index is 1000. The van der Waals surface area contributed by atoms with Gasteiger partial charge < -0.3 is 9.15 Å². The highest BCUT2D eigenvalue weighted by molar-refractivity contribution is 7.89. The van der Waals surface area contributed by atoms with E-state index in [0.29, 0.717) is 22.3 Å². The zero-order valence-corrected chi connectivity index (χ0v) is 14.1. The van der Waals surface area contributed by atoms with Gasteiger partial charge in [0.15, 0.2) is 15.6 Å². The normalized spacial score (nSPS) is 11.6. The summed E-state index contributed by atoms with van der Waals surface area (Å²) >= 11 is 0. The summed E-state index contributed by atoms with van der Waals surface area (Å²) in [5.74, 6) is 0.117. The van der Waals surface area contributed by atoms with Crippen LogP contribution in [0.25, 0.3) is 11.0 Å². The Labute approximate surface area is 139 Å². The SMILES string of the molecule is COc1ccc2c(C(=O)c3ccccc3)c(CS(C)(=O)=O)oc2c1. The first-order chi connectivity index (χ1) is 11.4. The van der Waals surface area contributed by atoms with Gasteiger partial charge in [-0.3, -0.25) is 4.79 Å². The Morgan fingerprint density at radius 2 is 1.83 bits per heavy atom. The van der Waals surface area contributed by atoms with E-state index >= 15 is 0 Å². The van der Waals surface area contributed by atoms with Crippen LogP contribution in [0, 0.1) is 0 Å². The molecule has 1 aromatic heterocycles. The van der Waals surface area contributed by atoms with Gasteiger partial charge >= 0.3 is 0 Å². The summed E-state index contributed by atoms with van der Waals surface area (Å²) in [4.78, 5) is 12.9. The summed E-state index contributed by atoms with van der Waals surface area (Å²) in [5, 5.41) is 0.573. The van der Waals surface area contributed by atoms with Crippen molar-refractivity contribution in [2.45, 2.75) is 5.75 Å². The van der Waals surface area contributed by atoms with E-state index in [2.05, 4.69) is 0 Å². The van der Waals surface area contributed by atoms with Crippen LogP contribution >= 0.6 is 0 Å². The Balaban J connectivity index is 2.23. The van der Waals surface area contributed by atoms with Gasteiger partial charge in [0, 0.05) is 23.3 Å². The second-order valence-corrected chi connectivity index (χ2v) is 7.67. The zero-order chi connectivity index (χ0) is 17.3. The largest absolute Gasteiger partial charge is 0.497 e. The summed E-state index contributed by atoms with van der Waals surface area (Å²) in [5.41, 5.74) is 1.18. The fourth-order valence-electron chi connectivity index (χ4n) is 2.58. The van der Waals surface area contributed by atoms with E-state index in [4.69, 9.17) is 9.15 Å². The molecule has 0 N–H and O–H groups in total. The Hall–Kier alpha value is -2.60. The first-order valence-corrected chi connectivity index (χ1v) is 9.32. The first-order valence-electron chi connectivity index (χ1n) is 7.26. The third-order valence-corrected chi connectivity index (χ3v) is 4.41. The van der Waals surface area contributed by atoms with Gasteiger partial charge in [0.2, 0.25) is 0 Å². The van der Waals surface area contributed by atoms with Crippen molar-refractivity contribution >= 4 is 26.6 Å². The average molecular weight is 344 g/mol. The molecule has 6 heteroatoms. The molecule has 0 radical (unpaired) electrons. The minimum absolute atomic E-state index is 0.148. The number of carbonyl (C=O) groups is 1. The lowest BCUT2D eigenvalue weighted by atomic mass is 10.0. The fourth-order valence-corrected chi connectivity index (χ4v) is 3.26. The molecule has 0 aliphatic heterocycles. The second-order valence-electron chi connectivity index (χ2n) is 5.53. The molecule has 0 aliphatic carbocycles. The lowest BCUT2D eigenvalue weighted by molar-refractivity contribution is 0.103. The molecule has 0 bridgehead atoms. The molecule has 124 valence electrons. The van der Waals surface area contributed by atoms with E-state index in [1.165, 1.54) is 7.11 Å². The Morgan fingerprint density at radius 1 is 1.12 bits per heavy atom. The summed E-state index contributed by atoms with van der Waals surface area (Å²) < 4.78 is 34.3. The van der Waals surface area contributed by atoms with E-state index in [9.17, 15) is 13.2 Å². The molecule has 3 rings (SSSR count). The van der Waals surface area contributed by atoms with Crippen LogP contribution in [0.5, 0.6) is 5.75 Å². The molecule has 0 fully saturated rings. The first kappa shape index (κ1) is 16.3. The highest BCUT2D eigenvalue weighted by atomic mass is 32.2. The molecule has 1 heterocycles. The Kier molecular flexibility index (Phi) is 4.15. The number of benzene rings is 2. The van der Waals surface area contributed by atoms with Crippen LogP contribution in [0.15, 0.2) is 52.9 Å². The molecule has 0 spiro atoms. The quantitative estimate of drug-likeness (QED) is 0.665. The lowest BCUT2D eigenvalue weighted by Gasteiger charge is -2.03. The number of methoxy groups -OCH3 is 1. The van der Waals surface area contributed by atoms with Gasteiger partial charge in [-0.1, -0.05) is 30.3 Å². The summed E-state index contributed by atoms with van der Waals surface area (Å²) in [6.07, 6.45) is 1.11. The van der Waals surface area contributed by atoms with Crippen molar-refractivity contribution in [3.8, 4) is 5.75 Å². The summed E-state index contributed by atoms with van der Waals surface area (Å²) in [6, 6.07) is 13.8. The Morgan fingerprint density at radius 3 is 2.46 bits per heavy atom. The van der Waals surface area contributed by atoms with Gasteiger partial charge in [0.05, 0.1) is 12.7 Å². The molecule has 0 aliphatic rings. The predicted octanol–water partition coefficient (Wildman–Crippen LogP) is 3.22. The number of hydrogen-bond donors (Lipinski definition) is 0. The van der Waals surface area contributed by atoms with Crippen LogP contribution in [0.2, 0.25) is 0 Å². The fraction of sp³-hybridized carbons (Fsp3) is 0.167. The van der Waals surface area contributed by atoms with Crippen LogP contribution in [0.4, 0.5) is 0 Å². The molecule has 0 amide bonds. The highest BCUT2D eigenvalue weighted by Crippen LogP contribution is 2.32. The summed E-state index contributed by atoms with van der Waals surface area (Å²) in [7, 11) is -1.83. The number of fused-ring (bicyclic) bond motifs is 1. The van der Waals surface area contributed by atoms with Crippen molar-refractivity contribution in [2.24, 2.45) is 0 Å². The molecule has 3 aromatic rings. The second kappa shape index (κ2) is 6.13. The van der Waals surface area contributed by atoms with Crippen molar-refractivity contribution in [1.29, 1.82) is 0 Å². The van der Waals surface area contributed by atoms with E-state index in [0.717, 1.165) is 6.26 Å². The number of ketones is 1. The van der Waals surface area contributed by atoms with Crippen molar-refractivity contribution in [2.75, 3.05) is 13.4 Å². The monoisotopic (exact) mass is 344 g/mol. The number of sulfone groups is 1. The third-order valence-electron chi connectivity index (χ3n) is 3.63. The maximum atomic E-state index is 12.9. The van der Waals surface area contributed by atoms with Crippen molar-refractivity contribution in [3.05, 3.63) is 65.4 Å². The van der Waals surface area contributed by atoms with Crippen molar-refractivity contribution < 1.29 is 22.4 Å². The van der Waals surface area contributed by atoms with Crippen LogP contribution in [0.1, 0.15) is 21.7 Å². The van der Waals surface area contributed by atoms with Gasteiger partial charge in [-0.25, -0.2) is 8.42 Å². The van der Waals surface area contributed by atoms with Crippen molar-refractivity contribution in [3.63, 3.8) is 0 Å². The molecule has 5 nitrogen and oxygen atoms in total. The number of rotatable bonds is 5. The molecule has 2 aromatic carbocycles.